The second-order valence-corrected chi connectivity index (χ2v) is 5.85. The summed E-state index contributed by atoms with van der Waals surface area (Å²) in [6, 6.07) is 8.78. The summed E-state index contributed by atoms with van der Waals surface area (Å²) in [6.07, 6.45) is 1.56. The van der Waals surface area contributed by atoms with Gasteiger partial charge in [0.15, 0.2) is 0 Å². The van der Waals surface area contributed by atoms with Crippen LogP contribution in [0.1, 0.15) is 34.6 Å². The molecule has 0 unspecified atom stereocenters. The van der Waals surface area contributed by atoms with Crippen LogP contribution in [0.15, 0.2) is 30.3 Å². The van der Waals surface area contributed by atoms with Gasteiger partial charge in [-0.25, -0.2) is 4.68 Å². The Kier molecular flexibility index (Phi) is 4.14. The van der Waals surface area contributed by atoms with Crippen molar-refractivity contribution >= 4 is 11.8 Å². The van der Waals surface area contributed by atoms with Gasteiger partial charge in [-0.3, -0.25) is 9.59 Å². The minimum absolute atomic E-state index is 0.108. The van der Waals surface area contributed by atoms with Crippen LogP contribution in [0.3, 0.4) is 0 Å². The van der Waals surface area contributed by atoms with E-state index < -0.39 is 6.04 Å². The second kappa shape index (κ2) is 6.24. The first-order valence-corrected chi connectivity index (χ1v) is 7.77. The van der Waals surface area contributed by atoms with Crippen LogP contribution in [-0.4, -0.2) is 34.2 Å². The largest absolute Gasteiger partial charge is 0.354 e. The standard InChI is InChI=1S/C17H20N4O2/c1-11-10-12(2)21(20-11)14-7-5-13(6-8-14)16(22)19-15-4-3-9-18-17(15)23/h5-8,10,15H,3-4,9H2,1-2H3,(H,18,23)(H,19,22)/t15-/m1/s1. The fourth-order valence-corrected chi connectivity index (χ4v) is 2.80. The molecule has 0 radical (unpaired) electrons. The number of benzene rings is 1. The molecular weight excluding hydrogens is 292 g/mol. The number of nitrogens with one attached hydrogen (secondary N) is 2. The van der Waals surface area contributed by atoms with E-state index in [9.17, 15) is 9.59 Å². The number of carbonyl (C=O) groups excluding carboxylic acids is 2. The molecule has 2 N–H and O–H groups in total. The lowest BCUT2D eigenvalue weighted by atomic mass is 10.1. The molecule has 1 aromatic carbocycles. The van der Waals surface area contributed by atoms with Crippen molar-refractivity contribution in [1.29, 1.82) is 0 Å². The van der Waals surface area contributed by atoms with Gasteiger partial charge in [0, 0.05) is 17.8 Å². The molecule has 1 saturated heterocycles. The molecular formula is C17H20N4O2. The fourth-order valence-electron chi connectivity index (χ4n) is 2.80. The van der Waals surface area contributed by atoms with Gasteiger partial charge in [0.05, 0.1) is 11.4 Å². The van der Waals surface area contributed by atoms with E-state index in [1.165, 1.54) is 0 Å². The number of rotatable bonds is 3. The minimum atomic E-state index is -0.438. The third-order valence-corrected chi connectivity index (χ3v) is 3.97. The van der Waals surface area contributed by atoms with Gasteiger partial charge >= 0.3 is 0 Å². The van der Waals surface area contributed by atoms with E-state index in [2.05, 4.69) is 15.7 Å². The predicted octanol–water partition coefficient (Wildman–Crippen LogP) is 1.50. The third kappa shape index (κ3) is 3.26. The molecule has 23 heavy (non-hydrogen) atoms. The zero-order valence-electron chi connectivity index (χ0n) is 13.3. The average Bonchev–Trinajstić information content (AvgIpc) is 2.88. The molecule has 2 amide bonds. The third-order valence-electron chi connectivity index (χ3n) is 3.97. The van der Waals surface area contributed by atoms with Gasteiger partial charge in [0.1, 0.15) is 6.04 Å². The van der Waals surface area contributed by atoms with Crippen molar-refractivity contribution in [1.82, 2.24) is 20.4 Å². The summed E-state index contributed by atoms with van der Waals surface area (Å²) < 4.78 is 1.84. The van der Waals surface area contributed by atoms with E-state index in [1.54, 1.807) is 12.1 Å². The first-order chi connectivity index (χ1) is 11.0. The van der Waals surface area contributed by atoms with Crippen molar-refractivity contribution in [3.8, 4) is 5.69 Å². The summed E-state index contributed by atoms with van der Waals surface area (Å²) in [4.78, 5) is 24.0. The zero-order valence-corrected chi connectivity index (χ0v) is 13.3. The lowest BCUT2D eigenvalue weighted by molar-refractivity contribution is -0.124. The fraction of sp³-hybridized carbons (Fsp3) is 0.353. The normalized spacial score (nSPS) is 17.7. The Labute approximate surface area is 134 Å². The van der Waals surface area contributed by atoms with Gasteiger partial charge < -0.3 is 10.6 Å². The van der Waals surface area contributed by atoms with Crippen LogP contribution in [0, 0.1) is 13.8 Å². The number of nitrogens with zero attached hydrogens (tertiary/aromatic N) is 2. The number of aryl methyl sites for hydroxylation is 2. The Bertz CT molecular complexity index is 734. The van der Waals surface area contributed by atoms with Crippen molar-refractivity contribution in [2.24, 2.45) is 0 Å². The monoisotopic (exact) mass is 312 g/mol. The Morgan fingerprint density at radius 3 is 2.65 bits per heavy atom. The number of aromatic nitrogens is 2. The van der Waals surface area contributed by atoms with E-state index in [4.69, 9.17) is 0 Å². The van der Waals surface area contributed by atoms with Crippen molar-refractivity contribution in [2.45, 2.75) is 32.7 Å². The molecule has 0 aliphatic carbocycles. The quantitative estimate of drug-likeness (QED) is 0.902. The van der Waals surface area contributed by atoms with Crippen LogP contribution in [0.4, 0.5) is 0 Å². The van der Waals surface area contributed by atoms with Gasteiger partial charge in [-0.1, -0.05) is 0 Å². The first kappa shape index (κ1) is 15.3. The van der Waals surface area contributed by atoms with E-state index in [0.717, 1.165) is 23.5 Å². The van der Waals surface area contributed by atoms with Crippen molar-refractivity contribution in [3.05, 3.63) is 47.3 Å². The van der Waals surface area contributed by atoms with Crippen molar-refractivity contribution in [3.63, 3.8) is 0 Å². The van der Waals surface area contributed by atoms with Crippen molar-refractivity contribution < 1.29 is 9.59 Å². The molecule has 2 aromatic rings. The van der Waals surface area contributed by atoms with Crippen LogP contribution in [0.2, 0.25) is 0 Å². The van der Waals surface area contributed by atoms with E-state index >= 15 is 0 Å². The highest BCUT2D eigenvalue weighted by atomic mass is 16.2. The van der Waals surface area contributed by atoms with Crippen LogP contribution in [0.5, 0.6) is 0 Å². The maximum Gasteiger partial charge on any atom is 0.251 e. The maximum absolute atomic E-state index is 12.3. The molecule has 1 aliphatic rings. The number of hydrogen-bond donors (Lipinski definition) is 2. The molecule has 0 spiro atoms. The number of carbonyl (C=O) groups is 2. The van der Waals surface area contributed by atoms with Crippen molar-refractivity contribution in [2.75, 3.05) is 6.54 Å². The summed E-state index contributed by atoms with van der Waals surface area (Å²) in [5, 5.41) is 9.97. The number of amides is 2. The van der Waals surface area contributed by atoms with Crippen LogP contribution in [-0.2, 0) is 4.79 Å². The van der Waals surface area contributed by atoms with Gasteiger partial charge in [-0.2, -0.15) is 5.10 Å². The summed E-state index contributed by atoms with van der Waals surface area (Å²) in [6.45, 7) is 4.62. The molecule has 1 aliphatic heterocycles. The smallest absolute Gasteiger partial charge is 0.251 e. The van der Waals surface area contributed by atoms with Gasteiger partial charge in [-0.15, -0.1) is 0 Å². The van der Waals surface area contributed by atoms with Crippen LogP contribution in [0.25, 0.3) is 5.69 Å². The molecule has 6 heteroatoms. The zero-order chi connectivity index (χ0) is 16.4. The highest BCUT2D eigenvalue weighted by Crippen LogP contribution is 2.13. The Balaban J connectivity index is 1.72. The second-order valence-electron chi connectivity index (χ2n) is 5.85. The molecule has 120 valence electrons. The lowest BCUT2D eigenvalue weighted by Gasteiger charge is -2.22. The molecule has 1 aromatic heterocycles. The molecule has 0 bridgehead atoms. The Hall–Kier alpha value is -2.63. The summed E-state index contributed by atoms with van der Waals surface area (Å²) in [5.74, 6) is -0.337. The lowest BCUT2D eigenvalue weighted by Crippen LogP contribution is -2.50. The topological polar surface area (TPSA) is 76.0 Å². The predicted molar refractivity (Wildman–Crippen MR) is 86.5 cm³/mol. The Morgan fingerprint density at radius 2 is 2.04 bits per heavy atom. The number of hydrogen-bond acceptors (Lipinski definition) is 3. The molecule has 3 rings (SSSR count). The molecule has 1 fully saturated rings. The van der Waals surface area contributed by atoms with Gasteiger partial charge in [-0.05, 0) is 57.0 Å². The highest BCUT2D eigenvalue weighted by molar-refractivity contribution is 5.97. The summed E-state index contributed by atoms with van der Waals surface area (Å²) in [7, 11) is 0. The van der Waals surface area contributed by atoms with Crippen LogP contribution >= 0.6 is 0 Å². The van der Waals surface area contributed by atoms with E-state index in [1.807, 2.05) is 36.7 Å². The molecule has 0 saturated carbocycles. The highest BCUT2D eigenvalue weighted by Gasteiger charge is 2.23. The molecule has 1 atom stereocenters. The summed E-state index contributed by atoms with van der Waals surface area (Å²) >= 11 is 0. The minimum Gasteiger partial charge on any atom is -0.354 e. The number of piperidine rings is 1. The first-order valence-electron chi connectivity index (χ1n) is 7.77. The maximum atomic E-state index is 12.3. The van der Waals surface area contributed by atoms with E-state index in [0.29, 0.717) is 18.5 Å². The van der Waals surface area contributed by atoms with Crippen LogP contribution < -0.4 is 10.6 Å². The SMILES string of the molecule is Cc1cc(C)n(-c2ccc(C(=O)N[C@@H]3CCCNC3=O)cc2)n1. The van der Waals surface area contributed by atoms with Gasteiger partial charge in [0.2, 0.25) is 5.91 Å². The summed E-state index contributed by atoms with van der Waals surface area (Å²) in [5.41, 5.74) is 3.43. The van der Waals surface area contributed by atoms with E-state index in [-0.39, 0.29) is 11.8 Å². The molecule has 2 heterocycles. The Morgan fingerprint density at radius 1 is 1.30 bits per heavy atom. The average molecular weight is 312 g/mol. The van der Waals surface area contributed by atoms with Gasteiger partial charge in [0.25, 0.3) is 5.91 Å². The molecule has 6 nitrogen and oxygen atoms in total.